The van der Waals surface area contributed by atoms with Crippen LogP contribution in [0, 0.1) is 0 Å². The lowest BCUT2D eigenvalue weighted by Crippen LogP contribution is -1.99. The molecule has 0 amide bonds. The van der Waals surface area contributed by atoms with E-state index in [1.165, 1.54) is 0 Å². The molecule has 0 aliphatic rings. The number of Topliss-reactive ketones (excluding diaryl/α,β-unsaturated/α-hetero) is 1. The molecule has 0 atom stereocenters. The SMILES string of the molecule is COSNc1cc(-c2ccc(OC)cc2)ccc1C(C)=O. The molecule has 0 saturated carbocycles. The molecule has 0 spiro atoms. The van der Waals surface area contributed by atoms with Crippen molar-refractivity contribution in [1.82, 2.24) is 0 Å². The maximum atomic E-state index is 11.7. The fraction of sp³-hybridized carbons (Fsp3) is 0.188. The maximum Gasteiger partial charge on any atom is 0.161 e. The second kappa shape index (κ2) is 7.15. The van der Waals surface area contributed by atoms with Crippen LogP contribution in [-0.4, -0.2) is 20.0 Å². The number of carbonyl (C=O) groups is 1. The van der Waals surface area contributed by atoms with Gasteiger partial charge in [0.1, 0.15) is 18.0 Å². The zero-order chi connectivity index (χ0) is 15.2. The summed E-state index contributed by atoms with van der Waals surface area (Å²) < 4.78 is 13.1. The number of hydrogen-bond acceptors (Lipinski definition) is 5. The molecule has 2 aromatic carbocycles. The van der Waals surface area contributed by atoms with E-state index in [2.05, 4.69) is 4.72 Å². The van der Waals surface area contributed by atoms with Gasteiger partial charge in [0.25, 0.3) is 0 Å². The van der Waals surface area contributed by atoms with Crippen LogP contribution in [-0.2, 0) is 4.18 Å². The van der Waals surface area contributed by atoms with E-state index >= 15 is 0 Å². The lowest BCUT2D eigenvalue weighted by molar-refractivity contribution is 0.101. The van der Waals surface area contributed by atoms with E-state index in [-0.39, 0.29) is 5.78 Å². The van der Waals surface area contributed by atoms with Gasteiger partial charge < -0.3 is 13.6 Å². The number of carbonyl (C=O) groups excluding carboxylic acids is 1. The van der Waals surface area contributed by atoms with Crippen molar-refractivity contribution in [3.63, 3.8) is 0 Å². The van der Waals surface area contributed by atoms with E-state index in [9.17, 15) is 4.79 Å². The van der Waals surface area contributed by atoms with Gasteiger partial charge in [0.15, 0.2) is 5.78 Å². The quantitative estimate of drug-likeness (QED) is 0.492. The van der Waals surface area contributed by atoms with Gasteiger partial charge in [-0.25, -0.2) is 0 Å². The molecule has 0 aromatic heterocycles. The Kier molecular flexibility index (Phi) is 5.25. The van der Waals surface area contributed by atoms with Crippen LogP contribution in [0.4, 0.5) is 5.69 Å². The lowest BCUT2D eigenvalue weighted by Gasteiger charge is -2.11. The third kappa shape index (κ3) is 3.77. The molecule has 0 unspecified atom stereocenters. The van der Waals surface area contributed by atoms with Gasteiger partial charge in [0.2, 0.25) is 0 Å². The first-order valence-electron chi connectivity index (χ1n) is 6.40. The zero-order valence-electron chi connectivity index (χ0n) is 12.2. The second-order valence-corrected chi connectivity index (χ2v) is 5.10. The van der Waals surface area contributed by atoms with Crippen molar-refractivity contribution in [2.45, 2.75) is 6.92 Å². The zero-order valence-corrected chi connectivity index (χ0v) is 13.0. The van der Waals surface area contributed by atoms with Crippen molar-refractivity contribution in [1.29, 1.82) is 0 Å². The van der Waals surface area contributed by atoms with Gasteiger partial charge in [-0.05, 0) is 42.3 Å². The number of ketones is 1. The molecule has 0 fully saturated rings. The Balaban J connectivity index is 2.37. The summed E-state index contributed by atoms with van der Waals surface area (Å²) in [7, 11) is 3.21. The second-order valence-electron chi connectivity index (χ2n) is 4.40. The third-order valence-electron chi connectivity index (χ3n) is 3.06. The van der Waals surface area contributed by atoms with Gasteiger partial charge in [-0.1, -0.05) is 18.2 Å². The van der Waals surface area contributed by atoms with Crippen molar-refractivity contribution in [3.8, 4) is 16.9 Å². The van der Waals surface area contributed by atoms with Crippen LogP contribution in [0.5, 0.6) is 5.75 Å². The van der Waals surface area contributed by atoms with Crippen LogP contribution >= 0.6 is 12.2 Å². The van der Waals surface area contributed by atoms with Gasteiger partial charge in [-0.2, -0.15) is 0 Å². The van der Waals surface area contributed by atoms with Crippen LogP contribution in [0.3, 0.4) is 0 Å². The molecule has 0 saturated heterocycles. The Hall–Kier alpha value is -1.98. The van der Waals surface area contributed by atoms with Crippen molar-refractivity contribution in [3.05, 3.63) is 48.0 Å². The summed E-state index contributed by atoms with van der Waals surface area (Å²) in [6, 6.07) is 13.5. The smallest absolute Gasteiger partial charge is 0.161 e. The number of nitrogens with one attached hydrogen (secondary N) is 1. The minimum Gasteiger partial charge on any atom is -0.497 e. The summed E-state index contributed by atoms with van der Waals surface area (Å²) in [4.78, 5) is 11.7. The Morgan fingerprint density at radius 2 is 1.71 bits per heavy atom. The highest BCUT2D eigenvalue weighted by molar-refractivity contribution is 7.96. The molecule has 0 aliphatic heterocycles. The Labute approximate surface area is 128 Å². The predicted molar refractivity (Wildman–Crippen MR) is 86.7 cm³/mol. The largest absolute Gasteiger partial charge is 0.497 e. The Morgan fingerprint density at radius 1 is 1.05 bits per heavy atom. The molecule has 2 rings (SSSR count). The highest BCUT2D eigenvalue weighted by Crippen LogP contribution is 2.29. The molecular formula is C16H17NO3S. The maximum absolute atomic E-state index is 11.7. The molecule has 0 bridgehead atoms. The van der Waals surface area contributed by atoms with Gasteiger partial charge in [-0.3, -0.25) is 4.79 Å². The minimum absolute atomic E-state index is 0.00971. The van der Waals surface area contributed by atoms with E-state index < -0.39 is 0 Å². The predicted octanol–water partition coefficient (Wildman–Crippen LogP) is 4.19. The van der Waals surface area contributed by atoms with Gasteiger partial charge in [-0.15, -0.1) is 0 Å². The minimum atomic E-state index is 0.00971. The number of benzene rings is 2. The van der Waals surface area contributed by atoms with Crippen molar-refractivity contribution in [2.75, 3.05) is 18.9 Å². The average molecular weight is 303 g/mol. The van der Waals surface area contributed by atoms with Crippen LogP contribution in [0.25, 0.3) is 11.1 Å². The van der Waals surface area contributed by atoms with Crippen LogP contribution in [0.2, 0.25) is 0 Å². The number of anilines is 1. The van der Waals surface area contributed by atoms with Crippen LogP contribution in [0.15, 0.2) is 42.5 Å². The average Bonchev–Trinajstić information content (AvgIpc) is 2.52. The molecule has 1 N–H and O–H groups in total. The number of ether oxygens (including phenoxy) is 1. The molecule has 2 aromatic rings. The van der Waals surface area contributed by atoms with Gasteiger partial charge in [0, 0.05) is 5.56 Å². The highest BCUT2D eigenvalue weighted by Gasteiger charge is 2.09. The molecule has 4 nitrogen and oxygen atoms in total. The monoisotopic (exact) mass is 303 g/mol. The van der Waals surface area contributed by atoms with E-state index in [1.54, 1.807) is 21.1 Å². The number of hydrogen-bond donors (Lipinski definition) is 1. The third-order valence-corrected chi connectivity index (χ3v) is 3.53. The molecule has 5 heteroatoms. The van der Waals surface area contributed by atoms with E-state index in [0.717, 1.165) is 34.8 Å². The molecule has 0 aliphatic carbocycles. The normalized spacial score (nSPS) is 10.2. The summed E-state index contributed by atoms with van der Waals surface area (Å²) >= 11 is 1.08. The van der Waals surface area contributed by atoms with Gasteiger partial charge >= 0.3 is 0 Å². The lowest BCUT2D eigenvalue weighted by atomic mass is 10.0. The number of rotatable bonds is 6. The van der Waals surface area contributed by atoms with Gasteiger partial charge in [0.05, 0.1) is 19.9 Å². The first kappa shape index (κ1) is 15.4. The van der Waals surface area contributed by atoms with Crippen molar-refractivity contribution >= 4 is 23.7 Å². The Bertz CT molecular complexity index is 626. The summed E-state index contributed by atoms with van der Waals surface area (Å²) in [6.07, 6.45) is 0. The van der Waals surface area contributed by atoms with E-state index in [0.29, 0.717) is 5.56 Å². The summed E-state index contributed by atoms with van der Waals surface area (Å²) in [5.74, 6) is 0.822. The highest BCUT2D eigenvalue weighted by atomic mass is 32.2. The molecule has 21 heavy (non-hydrogen) atoms. The first-order valence-corrected chi connectivity index (χ1v) is 7.15. The number of methoxy groups -OCH3 is 1. The molecule has 110 valence electrons. The van der Waals surface area contributed by atoms with E-state index in [4.69, 9.17) is 8.92 Å². The molecule has 0 heterocycles. The van der Waals surface area contributed by atoms with Crippen LogP contribution in [0.1, 0.15) is 17.3 Å². The van der Waals surface area contributed by atoms with Crippen molar-refractivity contribution in [2.24, 2.45) is 0 Å². The summed E-state index contributed by atoms with van der Waals surface area (Å²) in [5, 5.41) is 0. The fourth-order valence-electron chi connectivity index (χ4n) is 1.99. The van der Waals surface area contributed by atoms with E-state index in [1.807, 2.05) is 42.5 Å². The van der Waals surface area contributed by atoms with Crippen molar-refractivity contribution < 1.29 is 13.7 Å². The molecular weight excluding hydrogens is 286 g/mol. The first-order chi connectivity index (χ1) is 10.2. The summed E-state index contributed by atoms with van der Waals surface area (Å²) in [5.41, 5.74) is 3.44. The molecule has 0 radical (unpaired) electrons. The van der Waals surface area contributed by atoms with Crippen LogP contribution < -0.4 is 9.46 Å². The fourth-order valence-corrected chi connectivity index (χ4v) is 2.33. The standard InChI is InChI=1S/C16H17NO3S/c1-11(18)15-9-6-13(10-16(15)17-21-20-3)12-4-7-14(19-2)8-5-12/h4-10,17H,1-3H3. The summed E-state index contributed by atoms with van der Waals surface area (Å²) in [6.45, 7) is 1.55. The Morgan fingerprint density at radius 3 is 2.29 bits per heavy atom. The topological polar surface area (TPSA) is 47.6 Å².